The van der Waals surface area contributed by atoms with Gasteiger partial charge in [-0.25, -0.2) is 0 Å². The lowest BCUT2D eigenvalue weighted by Crippen LogP contribution is -2.47. The summed E-state index contributed by atoms with van der Waals surface area (Å²) in [4.78, 5) is 14.4. The van der Waals surface area contributed by atoms with E-state index in [1.165, 1.54) is 5.56 Å². The third-order valence-electron chi connectivity index (χ3n) is 4.43. The Morgan fingerprint density at radius 1 is 1.37 bits per heavy atom. The van der Waals surface area contributed by atoms with Crippen LogP contribution < -0.4 is 5.32 Å². The van der Waals surface area contributed by atoms with Crippen LogP contribution in [0.5, 0.6) is 0 Å². The van der Waals surface area contributed by atoms with Crippen LogP contribution in [0.3, 0.4) is 0 Å². The zero-order valence-corrected chi connectivity index (χ0v) is 12.3. The Labute approximate surface area is 116 Å². The maximum Gasteiger partial charge on any atom is 0.223 e. The summed E-state index contributed by atoms with van der Waals surface area (Å²) < 4.78 is 0. The number of amides is 1. The fourth-order valence-corrected chi connectivity index (χ4v) is 3.24. The van der Waals surface area contributed by atoms with Gasteiger partial charge in [0, 0.05) is 24.4 Å². The van der Waals surface area contributed by atoms with Crippen LogP contribution in [0.4, 0.5) is 0 Å². The molecule has 1 aliphatic rings. The molecule has 1 saturated heterocycles. The van der Waals surface area contributed by atoms with Gasteiger partial charge in [0.25, 0.3) is 0 Å². The standard InChI is InChI=1S/C16H24N2O/c1-12(13-8-6-5-7-9-13)18-15(19)10-14(11-17-4)16(18,2)3/h5-9,12,14,17H,10-11H2,1-4H3. The third kappa shape index (κ3) is 2.52. The normalized spacial score (nSPS) is 23.7. The van der Waals surface area contributed by atoms with E-state index in [1.807, 2.05) is 25.2 Å². The van der Waals surface area contributed by atoms with Crippen molar-refractivity contribution in [1.29, 1.82) is 0 Å². The molecule has 3 nitrogen and oxygen atoms in total. The van der Waals surface area contributed by atoms with Crippen molar-refractivity contribution in [3.8, 4) is 0 Å². The van der Waals surface area contributed by atoms with E-state index in [1.54, 1.807) is 0 Å². The highest BCUT2D eigenvalue weighted by Crippen LogP contribution is 2.40. The fraction of sp³-hybridized carbons (Fsp3) is 0.562. The van der Waals surface area contributed by atoms with Gasteiger partial charge in [0.05, 0.1) is 6.04 Å². The van der Waals surface area contributed by atoms with E-state index in [2.05, 4.69) is 43.1 Å². The molecule has 3 heteroatoms. The Morgan fingerprint density at radius 2 is 2.00 bits per heavy atom. The summed E-state index contributed by atoms with van der Waals surface area (Å²) in [5, 5.41) is 3.21. The van der Waals surface area contributed by atoms with E-state index < -0.39 is 0 Å². The molecule has 0 aromatic heterocycles. The molecule has 0 bridgehead atoms. The van der Waals surface area contributed by atoms with Crippen LogP contribution in [0.1, 0.15) is 38.8 Å². The van der Waals surface area contributed by atoms with Gasteiger partial charge in [0.1, 0.15) is 0 Å². The van der Waals surface area contributed by atoms with Gasteiger partial charge in [0.15, 0.2) is 0 Å². The fourth-order valence-electron chi connectivity index (χ4n) is 3.24. The van der Waals surface area contributed by atoms with Crippen LogP contribution >= 0.6 is 0 Å². The van der Waals surface area contributed by atoms with Crippen LogP contribution in [0.25, 0.3) is 0 Å². The summed E-state index contributed by atoms with van der Waals surface area (Å²) >= 11 is 0. The Balaban J connectivity index is 2.26. The molecule has 2 rings (SSSR count). The molecule has 0 spiro atoms. The maximum atomic E-state index is 12.4. The van der Waals surface area contributed by atoms with Gasteiger partial charge in [-0.1, -0.05) is 30.3 Å². The summed E-state index contributed by atoms with van der Waals surface area (Å²) in [6, 6.07) is 10.4. The van der Waals surface area contributed by atoms with Gasteiger partial charge in [-0.3, -0.25) is 4.79 Å². The van der Waals surface area contributed by atoms with Crippen LogP contribution in [-0.4, -0.2) is 29.9 Å². The molecule has 104 valence electrons. The summed E-state index contributed by atoms with van der Waals surface area (Å²) in [5.41, 5.74) is 1.10. The minimum atomic E-state index is -0.102. The van der Waals surface area contributed by atoms with Crippen molar-refractivity contribution in [3.05, 3.63) is 35.9 Å². The van der Waals surface area contributed by atoms with Crippen molar-refractivity contribution in [2.45, 2.75) is 38.8 Å². The number of nitrogens with one attached hydrogen (secondary N) is 1. The van der Waals surface area contributed by atoms with E-state index in [0.717, 1.165) is 6.54 Å². The Morgan fingerprint density at radius 3 is 2.58 bits per heavy atom. The predicted molar refractivity (Wildman–Crippen MR) is 77.8 cm³/mol. The van der Waals surface area contributed by atoms with Gasteiger partial charge in [-0.15, -0.1) is 0 Å². The van der Waals surface area contributed by atoms with Crippen LogP contribution in [-0.2, 0) is 4.79 Å². The molecular formula is C16H24N2O. The zero-order chi connectivity index (χ0) is 14.0. The quantitative estimate of drug-likeness (QED) is 0.902. The molecule has 2 unspecified atom stereocenters. The molecule has 1 aliphatic heterocycles. The maximum absolute atomic E-state index is 12.4. The van der Waals surface area contributed by atoms with E-state index in [4.69, 9.17) is 0 Å². The van der Waals surface area contributed by atoms with Gasteiger partial charge >= 0.3 is 0 Å². The predicted octanol–water partition coefficient (Wildman–Crippen LogP) is 2.59. The van der Waals surface area contributed by atoms with Gasteiger partial charge in [0.2, 0.25) is 5.91 Å². The van der Waals surface area contributed by atoms with Crippen molar-refractivity contribution in [2.24, 2.45) is 5.92 Å². The Hall–Kier alpha value is -1.35. The second kappa shape index (κ2) is 5.33. The van der Waals surface area contributed by atoms with E-state index in [9.17, 15) is 4.79 Å². The molecule has 0 radical (unpaired) electrons. The molecule has 1 aromatic carbocycles. The number of benzene rings is 1. The molecule has 1 N–H and O–H groups in total. The van der Waals surface area contributed by atoms with E-state index >= 15 is 0 Å². The first kappa shape index (κ1) is 14.1. The largest absolute Gasteiger partial charge is 0.330 e. The summed E-state index contributed by atoms with van der Waals surface area (Å²) in [7, 11) is 1.95. The lowest BCUT2D eigenvalue weighted by Gasteiger charge is -2.40. The minimum absolute atomic E-state index is 0.102. The first-order valence-electron chi connectivity index (χ1n) is 7.00. The topological polar surface area (TPSA) is 32.3 Å². The number of rotatable bonds is 4. The average molecular weight is 260 g/mol. The van der Waals surface area contributed by atoms with Crippen molar-refractivity contribution in [2.75, 3.05) is 13.6 Å². The smallest absolute Gasteiger partial charge is 0.223 e. The molecule has 0 aliphatic carbocycles. The number of likely N-dealkylation sites (tertiary alicyclic amines) is 1. The van der Waals surface area contributed by atoms with Gasteiger partial charge in [-0.2, -0.15) is 0 Å². The molecule has 0 saturated carbocycles. The highest BCUT2D eigenvalue weighted by molar-refractivity contribution is 5.80. The Bertz CT molecular complexity index is 441. The molecule has 1 heterocycles. The average Bonchev–Trinajstić information content (AvgIpc) is 2.60. The number of carbonyl (C=O) groups excluding carboxylic acids is 1. The highest BCUT2D eigenvalue weighted by atomic mass is 16.2. The SMILES string of the molecule is CNCC1CC(=O)N(C(C)c2ccccc2)C1(C)C. The number of hydrogen-bond donors (Lipinski definition) is 1. The summed E-state index contributed by atoms with van der Waals surface area (Å²) in [6.07, 6.45) is 0.644. The van der Waals surface area contributed by atoms with Crippen LogP contribution in [0, 0.1) is 5.92 Å². The lowest BCUT2D eigenvalue weighted by molar-refractivity contribution is -0.133. The zero-order valence-electron chi connectivity index (χ0n) is 12.3. The van der Waals surface area contributed by atoms with E-state index in [0.29, 0.717) is 12.3 Å². The van der Waals surface area contributed by atoms with Crippen molar-refractivity contribution in [3.63, 3.8) is 0 Å². The molecule has 1 fully saturated rings. The van der Waals surface area contributed by atoms with Crippen molar-refractivity contribution in [1.82, 2.24) is 10.2 Å². The molecule has 19 heavy (non-hydrogen) atoms. The molecule has 2 atom stereocenters. The summed E-state index contributed by atoms with van der Waals surface area (Å²) in [5.74, 6) is 0.637. The van der Waals surface area contributed by atoms with Crippen LogP contribution in [0.15, 0.2) is 30.3 Å². The highest BCUT2D eigenvalue weighted by Gasteiger charge is 2.47. The van der Waals surface area contributed by atoms with Gasteiger partial charge in [-0.05, 0) is 33.4 Å². The Kier molecular flexibility index (Phi) is 3.95. The molecule has 1 aromatic rings. The van der Waals surface area contributed by atoms with Crippen molar-refractivity contribution < 1.29 is 4.79 Å². The van der Waals surface area contributed by atoms with Crippen molar-refractivity contribution >= 4 is 5.91 Å². The molecular weight excluding hydrogens is 236 g/mol. The second-order valence-corrected chi connectivity index (χ2v) is 5.96. The number of carbonyl (C=O) groups is 1. The number of nitrogens with zero attached hydrogens (tertiary/aromatic N) is 1. The number of hydrogen-bond acceptors (Lipinski definition) is 2. The third-order valence-corrected chi connectivity index (χ3v) is 4.43. The van der Waals surface area contributed by atoms with E-state index in [-0.39, 0.29) is 17.5 Å². The minimum Gasteiger partial charge on any atom is -0.330 e. The molecule has 1 amide bonds. The first-order valence-corrected chi connectivity index (χ1v) is 7.00. The van der Waals surface area contributed by atoms with Crippen LogP contribution in [0.2, 0.25) is 0 Å². The second-order valence-electron chi connectivity index (χ2n) is 5.96. The monoisotopic (exact) mass is 260 g/mol. The van der Waals surface area contributed by atoms with Gasteiger partial charge < -0.3 is 10.2 Å². The summed E-state index contributed by atoms with van der Waals surface area (Å²) in [6.45, 7) is 7.37. The lowest BCUT2D eigenvalue weighted by atomic mass is 9.87. The first-order chi connectivity index (χ1) is 8.98.